The fourth-order valence-electron chi connectivity index (χ4n) is 1.54. The zero-order valence-electron chi connectivity index (χ0n) is 8.79. The minimum Gasteiger partial charge on any atom is -0.349 e. The Morgan fingerprint density at radius 3 is 2.08 bits per heavy atom. The molecule has 0 aliphatic rings. The van der Waals surface area contributed by atoms with E-state index in [2.05, 4.69) is 18.4 Å². The van der Waals surface area contributed by atoms with Crippen molar-refractivity contribution in [3.63, 3.8) is 0 Å². The molecule has 0 amide bonds. The van der Waals surface area contributed by atoms with Gasteiger partial charge < -0.3 is 4.57 Å². The quantitative estimate of drug-likeness (QED) is 0.681. The molecule has 2 heteroatoms. The number of hydrogen-bond acceptors (Lipinski definition) is 1. The minimum absolute atomic E-state index is 0.106. The molecule has 72 valence electrons. The highest BCUT2D eigenvalue weighted by Crippen LogP contribution is 2.05. The van der Waals surface area contributed by atoms with E-state index in [4.69, 9.17) is 0 Å². The molecule has 1 heterocycles. The van der Waals surface area contributed by atoms with E-state index in [1.165, 1.54) is 0 Å². The van der Waals surface area contributed by atoms with Crippen LogP contribution in [0.5, 0.6) is 0 Å². The fraction of sp³-hybridized carbons (Fsp3) is 0.545. The molecule has 0 spiro atoms. The normalized spacial score (nSPS) is 10.8. The molecule has 0 N–H and O–H groups in total. The summed E-state index contributed by atoms with van der Waals surface area (Å²) >= 11 is 0. The molecule has 1 aromatic heterocycles. The van der Waals surface area contributed by atoms with Gasteiger partial charge in [0.1, 0.15) is 0 Å². The number of rotatable bonds is 2. The van der Waals surface area contributed by atoms with Crippen molar-refractivity contribution >= 4 is 0 Å². The Bertz CT molecular complexity index is 323. The highest BCUT2D eigenvalue weighted by atomic mass is 16.1. The molecule has 0 atom stereocenters. The van der Waals surface area contributed by atoms with Crippen molar-refractivity contribution in [2.24, 2.45) is 5.92 Å². The van der Waals surface area contributed by atoms with Crippen LogP contribution in [0, 0.1) is 19.8 Å². The first-order valence-corrected chi connectivity index (χ1v) is 4.69. The molecular weight excluding hydrogens is 162 g/mol. The molecule has 1 rings (SSSR count). The topological polar surface area (TPSA) is 22.0 Å². The van der Waals surface area contributed by atoms with E-state index in [0.717, 1.165) is 17.9 Å². The highest BCUT2D eigenvalue weighted by molar-refractivity contribution is 5.12. The second-order valence-corrected chi connectivity index (χ2v) is 3.98. The second-order valence-electron chi connectivity index (χ2n) is 3.98. The van der Waals surface area contributed by atoms with Gasteiger partial charge in [-0.2, -0.15) is 0 Å². The maximum absolute atomic E-state index is 11.1. The van der Waals surface area contributed by atoms with Gasteiger partial charge in [-0.15, -0.1) is 0 Å². The molecule has 0 aliphatic carbocycles. The van der Waals surface area contributed by atoms with Crippen LogP contribution in [0.4, 0.5) is 0 Å². The lowest BCUT2D eigenvalue weighted by molar-refractivity contribution is 0.503. The van der Waals surface area contributed by atoms with Crippen LogP contribution in [-0.4, -0.2) is 4.57 Å². The summed E-state index contributed by atoms with van der Waals surface area (Å²) in [6.07, 6.45) is 0. The van der Waals surface area contributed by atoms with Gasteiger partial charge in [-0.05, 0) is 19.8 Å². The first kappa shape index (κ1) is 10.0. The predicted octanol–water partition coefficient (Wildman–Crippen LogP) is 2.12. The molecule has 0 fully saturated rings. The zero-order chi connectivity index (χ0) is 10.0. The Morgan fingerprint density at radius 2 is 1.69 bits per heavy atom. The van der Waals surface area contributed by atoms with Crippen molar-refractivity contribution < 1.29 is 0 Å². The van der Waals surface area contributed by atoms with Gasteiger partial charge in [0.05, 0.1) is 0 Å². The number of aryl methyl sites for hydroxylation is 2. The lowest BCUT2D eigenvalue weighted by Gasteiger charge is -2.15. The molecule has 2 nitrogen and oxygen atoms in total. The Balaban J connectivity index is 3.13. The summed E-state index contributed by atoms with van der Waals surface area (Å²) in [5.41, 5.74) is 2.22. The minimum atomic E-state index is 0.106. The molecular formula is C11H17NO. The van der Waals surface area contributed by atoms with Crippen LogP contribution in [0.15, 0.2) is 16.9 Å². The third-order valence-corrected chi connectivity index (χ3v) is 2.10. The summed E-state index contributed by atoms with van der Waals surface area (Å²) in [5.74, 6) is 0.611. The molecule has 0 aromatic carbocycles. The maximum atomic E-state index is 11.1. The average molecular weight is 179 g/mol. The summed E-state index contributed by atoms with van der Waals surface area (Å²) in [6, 6.07) is 3.38. The second kappa shape index (κ2) is 3.77. The predicted molar refractivity (Wildman–Crippen MR) is 55.0 cm³/mol. The Kier molecular flexibility index (Phi) is 2.91. The smallest absolute Gasteiger partial charge is 0.182 e. The molecule has 0 unspecified atom stereocenters. The van der Waals surface area contributed by atoms with Gasteiger partial charge in [0.2, 0.25) is 0 Å². The van der Waals surface area contributed by atoms with Crippen LogP contribution in [0.3, 0.4) is 0 Å². The monoisotopic (exact) mass is 179 g/mol. The van der Waals surface area contributed by atoms with Gasteiger partial charge in [0.25, 0.3) is 0 Å². The van der Waals surface area contributed by atoms with Gasteiger partial charge in [-0.25, -0.2) is 0 Å². The van der Waals surface area contributed by atoms with E-state index in [-0.39, 0.29) is 5.43 Å². The summed E-state index contributed by atoms with van der Waals surface area (Å²) in [4.78, 5) is 11.1. The lowest BCUT2D eigenvalue weighted by atomic mass is 10.2. The Hall–Kier alpha value is -1.05. The molecule has 0 bridgehead atoms. The Morgan fingerprint density at radius 1 is 1.23 bits per heavy atom. The van der Waals surface area contributed by atoms with Gasteiger partial charge in [-0.3, -0.25) is 4.79 Å². The van der Waals surface area contributed by atoms with Crippen LogP contribution >= 0.6 is 0 Å². The summed E-state index contributed by atoms with van der Waals surface area (Å²) in [6.45, 7) is 9.31. The summed E-state index contributed by atoms with van der Waals surface area (Å²) in [5, 5.41) is 0. The van der Waals surface area contributed by atoms with Gasteiger partial charge in [0.15, 0.2) is 5.43 Å². The first-order chi connectivity index (χ1) is 6.00. The van der Waals surface area contributed by atoms with Gasteiger partial charge in [0, 0.05) is 30.1 Å². The van der Waals surface area contributed by atoms with Crippen LogP contribution in [0.2, 0.25) is 0 Å². The van der Waals surface area contributed by atoms with Crippen molar-refractivity contribution in [2.75, 3.05) is 0 Å². The zero-order valence-corrected chi connectivity index (χ0v) is 8.79. The molecule has 0 aliphatic heterocycles. The summed E-state index contributed by atoms with van der Waals surface area (Å²) < 4.78 is 2.19. The van der Waals surface area contributed by atoms with E-state index < -0.39 is 0 Å². The van der Waals surface area contributed by atoms with Crippen LogP contribution < -0.4 is 5.43 Å². The molecule has 0 saturated heterocycles. The maximum Gasteiger partial charge on any atom is 0.182 e. The van der Waals surface area contributed by atoms with E-state index in [9.17, 15) is 4.79 Å². The van der Waals surface area contributed by atoms with Crippen molar-refractivity contribution in [2.45, 2.75) is 34.2 Å². The first-order valence-electron chi connectivity index (χ1n) is 4.69. The molecule has 0 saturated carbocycles. The largest absolute Gasteiger partial charge is 0.349 e. The third kappa shape index (κ3) is 2.44. The average Bonchev–Trinajstić information content (AvgIpc) is 1.96. The number of aromatic nitrogens is 1. The summed E-state index contributed by atoms with van der Waals surface area (Å²) in [7, 11) is 0. The molecule has 13 heavy (non-hydrogen) atoms. The number of pyridine rings is 1. The van der Waals surface area contributed by atoms with Crippen LogP contribution in [0.1, 0.15) is 25.2 Å². The van der Waals surface area contributed by atoms with E-state index >= 15 is 0 Å². The highest BCUT2D eigenvalue weighted by Gasteiger charge is 2.02. The van der Waals surface area contributed by atoms with Crippen molar-refractivity contribution in [3.8, 4) is 0 Å². The molecule has 1 aromatic rings. The SMILES string of the molecule is Cc1cc(=O)cc(C)n1CC(C)C. The third-order valence-electron chi connectivity index (χ3n) is 2.10. The van der Waals surface area contributed by atoms with Gasteiger partial charge >= 0.3 is 0 Å². The van der Waals surface area contributed by atoms with Crippen molar-refractivity contribution in [1.29, 1.82) is 0 Å². The van der Waals surface area contributed by atoms with Crippen molar-refractivity contribution in [1.82, 2.24) is 4.57 Å². The standard InChI is InChI=1S/C11H17NO/c1-8(2)7-12-9(3)5-11(13)6-10(12)4/h5-6,8H,7H2,1-4H3. The van der Waals surface area contributed by atoms with Crippen LogP contribution in [0.25, 0.3) is 0 Å². The number of nitrogens with zero attached hydrogens (tertiary/aromatic N) is 1. The number of hydrogen-bond donors (Lipinski definition) is 0. The Labute approximate surface area is 79.2 Å². The van der Waals surface area contributed by atoms with Gasteiger partial charge in [-0.1, -0.05) is 13.8 Å². The van der Waals surface area contributed by atoms with Crippen molar-refractivity contribution in [3.05, 3.63) is 33.7 Å². The molecule has 0 radical (unpaired) electrons. The van der Waals surface area contributed by atoms with E-state index in [1.807, 2.05) is 13.8 Å². The van der Waals surface area contributed by atoms with E-state index in [1.54, 1.807) is 12.1 Å². The fourth-order valence-corrected chi connectivity index (χ4v) is 1.54. The van der Waals surface area contributed by atoms with E-state index in [0.29, 0.717) is 5.92 Å². The lowest BCUT2D eigenvalue weighted by Crippen LogP contribution is -2.15. The van der Waals surface area contributed by atoms with Crippen LogP contribution in [-0.2, 0) is 6.54 Å².